The van der Waals surface area contributed by atoms with Gasteiger partial charge in [0.15, 0.2) is 0 Å². The zero-order valence-electron chi connectivity index (χ0n) is 11.8. The van der Waals surface area contributed by atoms with Crippen molar-refractivity contribution < 1.29 is 9.59 Å². The predicted molar refractivity (Wildman–Crippen MR) is 89.6 cm³/mol. The Morgan fingerprint density at radius 2 is 1.77 bits per heavy atom. The van der Waals surface area contributed by atoms with E-state index in [2.05, 4.69) is 26.8 Å². The maximum Gasteiger partial charge on any atom is 0.269 e. The summed E-state index contributed by atoms with van der Waals surface area (Å²) < 4.78 is 0.897. The summed E-state index contributed by atoms with van der Waals surface area (Å²) in [6.45, 7) is 1.83. The summed E-state index contributed by atoms with van der Waals surface area (Å²) in [6, 6.07) is 12.3. The molecule has 2 rings (SSSR count). The third kappa shape index (κ3) is 4.58. The molecule has 0 saturated heterocycles. The van der Waals surface area contributed by atoms with Crippen LogP contribution in [0.5, 0.6) is 0 Å². The van der Waals surface area contributed by atoms with Crippen molar-refractivity contribution in [1.82, 2.24) is 10.9 Å². The van der Waals surface area contributed by atoms with Gasteiger partial charge in [0.2, 0.25) is 5.91 Å². The van der Waals surface area contributed by atoms with Crippen LogP contribution in [-0.2, 0) is 11.2 Å². The molecule has 0 aliphatic heterocycles. The molecule has 0 atom stereocenters. The molecule has 2 amide bonds. The Morgan fingerprint density at radius 1 is 1.09 bits per heavy atom. The highest BCUT2D eigenvalue weighted by molar-refractivity contribution is 9.10. The number of halogens is 2. The normalized spacial score (nSPS) is 10.1. The molecule has 0 aliphatic rings. The van der Waals surface area contributed by atoms with Gasteiger partial charge in [-0.1, -0.05) is 39.7 Å². The van der Waals surface area contributed by atoms with E-state index in [0.29, 0.717) is 10.6 Å². The topological polar surface area (TPSA) is 58.2 Å². The average Bonchev–Trinajstić information content (AvgIpc) is 2.47. The quantitative estimate of drug-likeness (QED) is 0.801. The summed E-state index contributed by atoms with van der Waals surface area (Å²) in [5.74, 6) is -0.653. The molecule has 2 aromatic carbocycles. The van der Waals surface area contributed by atoms with Crippen LogP contribution in [0.4, 0.5) is 0 Å². The van der Waals surface area contributed by atoms with Crippen LogP contribution in [0.3, 0.4) is 0 Å². The Kier molecular flexibility index (Phi) is 5.57. The van der Waals surface area contributed by atoms with Crippen LogP contribution in [0.25, 0.3) is 0 Å². The van der Waals surface area contributed by atoms with E-state index < -0.39 is 0 Å². The van der Waals surface area contributed by atoms with Gasteiger partial charge < -0.3 is 0 Å². The third-order valence-electron chi connectivity index (χ3n) is 3.03. The Morgan fingerprint density at radius 3 is 2.41 bits per heavy atom. The number of carbonyl (C=O) groups is 2. The van der Waals surface area contributed by atoms with Crippen LogP contribution in [-0.4, -0.2) is 11.8 Å². The molecule has 4 nitrogen and oxygen atoms in total. The van der Waals surface area contributed by atoms with E-state index in [1.807, 2.05) is 13.0 Å². The summed E-state index contributed by atoms with van der Waals surface area (Å²) >= 11 is 9.12. The molecule has 0 radical (unpaired) electrons. The van der Waals surface area contributed by atoms with E-state index in [4.69, 9.17) is 11.6 Å². The predicted octanol–water partition coefficient (Wildman–Crippen LogP) is 3.41. The van der Waals surface area contributed by atoms with Crippen LogP contribution >= 0.6 is 27.5 Å². The van der Waals surface area contributed by atoms with Gasteiger partial charge in [0.05, 0.1) is 6.42 Å². The molecule has 114 valence electrons. The minimum atomic E-state index is -0.352. The molecule has 0 unspecified atom stereocenters. The number of hydrazine groups is 1. The molecule has 0 aromatic heterocycles. The van der Waals surface area contributed by atoms with Gasteiger partial charge in [-0.2, -0.15) is 0 Å². The Labute approximate surface area is 142 Å². The van der Waals surface area contributed by atoms with Crippen LogP contribution < -0.4 is 10.9 Å². The van der Waals surface area contributed by atoms with Crippen molar-refractivity contribution in [3.63, 3.8) is 0 Å². The zero-order chi connectivity index (χ0) is 16.1. The van der Waals surface area contributed by atoms with Crippen molar-refractivity contribution >= 4 is 39.3 Å². The number of aryl methyl sites for hydroxylation is 1. The number of hydrogen-bond donors (Lipinski definition) is 2. The monoisotopic (exact) mass is 380 g/mol. The first-order valence-corrected chi connectivity index (χ1v) is 7.72. The summed E-state index contributed by atoms with van der Waals surface area (Å²) in [5.41, 5.74) is 6.96. The van der Waals surface area contributed by atoms with Gasteiger partial charge >= 0.3 is 0 Å². The lowest BCUT2D eigenvalue weighted by Gasteiger charge is -2.09. The number of amides is 2. The molecule has 6 heteroatoms. The van der Waals surface area contributed by atoms with E-state index in [1.165, 1.54) is 0 Å². The maximum atomic E-state index is 12.0. The molecule has 0 saturated carbocycles. The van der Waals surface area contributed by atoms with E-state index in [1.54, 1.807) is 36.4 Å². The van der Waals surface area contributed by atoms with Crippen molar-refractivity contribution in [2.75, 3.05) is 0 Å². The lowest BCUT2D eigenvalue weighted by molar-refractivity contribution is -0.121. The van der Waals surface area contributed by atoms with Crippen molar-refractivity contribution in [1.29, 1.82) is 0 Å². The smallest absolute Gasteiger partial charge is 0.269 e. The first-order chi connectivity index (χ1) is 10.5. The van der Waals surface area contributed by atoms with E-state index >= 15 is 0 Å². The fourth-order valence-corrected chi connectivity index (χ4v) is 2.51. The zero-order valence-corrected chi connectivity index (χ0v) is 14.2. The second kappa shape index (κ2) is 7.42. The minimum absolute atomic E-state index is 0.163. The van der Waals surface area contributed by atoms with Gasteiger partial charge in [0.25, 0.3) is 5.91 Å². The summed E-state index contributed by atoms with van der Waals surface area (Å²) in [7, 11) is 0. The lowest BCUT2D eigenvalue weighted by Crippen LogP contribution is -2.42. The highest BCUT2D eigenvalue weighted by Crippen LogP contribution is 2.15. The van der Waals surface area contributed by atoms with Crippen molar-refractivity contribution in [2.45, 2.75) is 13.3 Å². The lowest BCUT2D eigenvalue weighted by atomic mass is 10.1. The number of hydrogen-bond acceptors (Lipinski definition) is 2. The number of benzene rings is 2. The van der Waals surface area contributed by atoms with Gasteiger partial charge in [0.1, 0.15) is 0 Å². The highest BCUT2D eigenvalue weighted by Gasteiger charge is 2.10. The third-order valence-corrected chi connectivity index (χ3v) is 3.77. The van der Waals surface area contributed by atoms with Gasteiger partial charge in [-0.3, -0.25) is 20.4 Å². The number of carbonyl (C=O) groups excluding carboxylic acids is 2. The fourth-order valence-electron chi connectivity index (χ4n) is 1.91. The Hall–Kier alpha value is -1.85. The Bertz CT molecular complexity index is 702. The molecule has 2 N–H and O–H groups in total. The largest absolute Gasteiger partial charge is 0.273 e. The van der Waals surface area contributed by atoms with Crippen LogP contribution in [0, 0.1) is 6.92 Å². The molecule has 2 aromatic rings. The first kappa shape index (κ1) is 16.5. The standard InChI is InChI=1S/C16H14BrClN2O2/c1-10-8-12(17)4-7-14(10)16(22)20-19-15(21)9-11-2-5-13(18)6-3-11/h2-8H,9H2,1H3,(H,19,21)(H,20,22). The second-order valence-electron chi connectivity index (χ2n) is 4.76. The average molecular weight is 382 g/mol. The highest BCUT2D eigenvalue weighted by atomic mass is 79.9. The SMILES string of the molecule is Cc1cc(Br)ccc1C(=O)NNC(=O)Cc1ccc(Cl)cc1. The van der Waals surface area contributed by atoms with Gasteiger partial charge in [-0.25, -0.2) is 0 Å². The van der Waals surface area contributed by atoms with Crippen LogP contribution in [0.15, 0.2) is 46.9 Å². The van der Waals surface area contributed by atoms with E-state index in [-0.39, 0.29) is 18.2 Å². The molecule has 22 heavy (non-hydrogen) atoms. The molecule has 0 spiro atoms. The van der Waals surface area contributed by atoms with Gasteiger partial charge in [0, 0.05) is 15.1 Å². The minimum Gasteiger partial charge on any atom is -0.273 e. The number of rotatable bonds is 3. The molecule has 0 bridgehead atoms. The van der Waals surface area contributed by atoms with E-state index in [0.717, 1.165) is 15.6 Å². The van der Waals surface area contributed by atoms with Crippen LogP contribution in [0.2, 0.25) is 5.02 Å². The Balaban J connectivity index is 1.90. The summed E-state index contributed by atoms with van der Waals surface area (Å²) in [4.78, 5) is 23.8. The van der Waals surface area contributed by atoms with Crippen molar-refractivity contribution in [3.05, 3.63) is 68.7 Å². The van der Waals surface area contributed by atoms with Gasteiger partial charge in [-0.05, 0) is 48.4 Å². The molecular formula is C16H14BrClN2O2. The molecule has 0 fully saturated rings. The second-order valence-corrected chi connectivity index (χ2v) is 6.12. The molecule has 0 heterocycles. The summed E-state index contributed by atoms with van der Waals surface area (Å²) in [5, 5.41) is 0.614. The molecular weight excluding hydrogens is 368 g/mol. The summed E-state index contributed by atoms with van der Waals surface area (Å²) in [6.07, 6.45) is 0.163. The number of nitrogens with one attached hydrogen (secondary N) is 2. The van der Waals surface area contributed by atoms with Crippen LogP contribution in [0.1, 0.15) is 21.5 Å². The maximum absolute atomic E-state index is 12.0. The first-order valence-electron chi connectivity index (χ1n) is 6.55. The van der Waals surface area contributed by atoms with E-state index in [9.17, 15) is 9.59 Å². The van der Waals surface area contributed by atoms with Crippen molar-refractivity contribution in [3.8, 4) is 0 Å². The van der Waals surface area contributed by atoms with Gasteiger partial charge in [-0.15, -0.1) is 0 Å². The van der Waals surface area contributed by atoms with Crippen molar-refractivity contribution in [2.24, 2.45) is 0 Å². The molecule has 0 aliphatic carbocycles. The fraction of sp³-hybridized carbons (Fsp3) is 0.125.